The van der Waals surface area contributed by atoms with Crippen LogP contribution in [0.25, 0.3) is 11.1 Å². The fourth-order valence-electron chi connectivity index (χ4n) is 4.61. The minimum Gasteiger partial charge on any atom is -0.311 e. The van der Waals surface area contributed by atoms with Crippen molar-refractivity contribution in [1.29, 1.82) is 5.26 Å². The van der Waals surface area contributed by atoms with Crippen LogP contribution >= 0.6 is 0 Å². The quantitative estimate of drug-likeness (QED) is 0.613. The van der Waals surface area contributed by atoms with Crippen LogP contribution in [0.2, 0.25) is 0 Å². The minimum atomic E-state index is -0.890. The number of nitriles is 1. The molecule has 0 spiro atoms. The van der Waals surface area contributed by atoms with Crippen molar-refractivity contribution in [2.24, 2.45) is 11.3 Å². The molecule has 33 heavy (non-hydrogen) atoms. The molecule has 1 saturated carbocycles. The molecule has 2 amide bonds. The fraction of sp³-hybridized carbons (Fsp3) is 0.259. The molecule has 5 rings (SSSR count). The normalized spacial score (nSPS) is 19.8. The Morgan fingerprint density at radius 3 is 2.52 bits per heavy atom. The van der Waals surface area contributed by atoms with E-state index in [1.165, 1.54) is 0 Å². The molecule has 2 fully saturated rings. The summed E-state index contributed by atoms with van der Waals surface area (Å²) in [6, 6.07) is 23.8. The maximum atomic E-state index is 13.0. The molecule has 2 aromatic carbocycles. The first kappa shape index (κ1) is 20.9. The van der Waals surface area contributed by atoms with E-state index in [9.17, 15) is 14.9 Å². The van der Waals surface area contributed by atoms with Crippen molar-refractivity contribution >= 4 is 23.3 Å². The van der Waals surface area contributed by atoms with Crippen molar-refractivity contribution in [3.8, 4) is 17.2 Å². The zero-order valence-corrected chi connectivity index (χ0v) is 18.2. The number of nitrogens with zero attached hydrogens (tertiary/aromatic N) is 3. The average molecular weight is 437 g/mol. The van der Waals surface area contributed by atoms with Crippen molar-refractivity contribution in [1.82, 2.24) is 4.98 Å². The van der Waals surface area contributed by atoms with Gasteiger partial charge in [0, 0.05) is 24.5 Å². The van der Waals surface area contributed by atoms with Gasteiger partial charge in [0.15, 0.2) is 0 Å². The lowest BCUT2D eigenvalue weighted by Gasteiger charge is -2.21. The molecular weight excluding hydrogens is 412 g/mol. The Morgan fingerprint density at radius 1 is 1.09 bits per heavy atom. The molecule has 1 aliphatic carbocycles. The number of pyridine rings is 1. The van der Waals surface area contributed by atoms with E-state index >= 15 is 0 Å². The number of amides is 2. The molecule has 6 heteroatoms. The number of benzene rings is 2. The SMILES string of the molecule is N#C[C@@]1(C2CC2)CCN(c2ccnc(NC(=O)Cc3ccc(-c4ccccc4)cc3)c2)C1=O. The zero-order chi connectivity index (χ0) is 22.8. The van der Waals surface area contributed by atoms with Gasteiger partial charge >= 0.3 is 0 Å². The van der Waals surface area contributed by atoms with E-state index in [1.54, 1.807) is 23.2 Å². The molecule has 1 atom stereocenters. The molecule has 1 aromatic heterocycles. The summed E-state index contributed by atoms with van der Waals surface area (Å²) < 4.78 is 0. The van der Waals surface area contributed by atoms with Gasteiger partial charge in [-0.15, -0.1) is 0 Å². The van der Waals surface area contributed by atoms with E-state index in [-0.39, 0.29) is 24.2 Å². The van der Waals surface area contributed by atoms with Crippen LogP contribution in [0.3, 0.4) is 0 Å². The molecular formula is C27H24N4O2. The Bertz CT molecular complexity index is 1230. The first-order valence-corrected chi connectivity index (χ1v) is 11.2. The lowest BCUT2D eigenvalue weighted by molar-refractivity contribution is -0.123. The van der Waals surface area contributed by atoms with Gasteiger partial charge in [0.05, 0.1) is 12.5 Å². The van der Waals surface area contributed by atoms with Crippen LogP contribution in [0, 0.1) is 22.7 Å². The highest BCUT2D eigenvalue weighted by Gasteiger charge is 2.56. The number of aromatic nitrogens is 1. The number of rotatable bonds is 6. The summed E-state index contributed by atoms with van der Waals surface area (Å²) in [5.41, 5.74) is 2.91. The summed E-state index contributed by atoms with van der Waals surface area (Å²) in [4.78, 5) is 31.5. The van der Waals surface area contributed by atoms with Crippen molar-refractivity contribution in [2.45, 2.75) is 25.7 Å². The molecule has 0 unspecified atom stereocenters. The molecule has 1 saturated heterocycles. The second-order valence-electron chi connectivity index (χ2n) is 8.75. The van der Waals surface area contributed by atoms with Crippen LogP contribution in [-0.2, 0) is 16.0 Å². The predicted octanol–water partition coefficient (Wildman–Crippen LogP) is 4.59. The van der Waals surface area contributed by atoms with E-state index in [4.69, 9.17) is 0 Å². The van der Waals surface area contributed by atoms with Gasteiger partial charge in [-0.1, -0.05) is 54.6 Å². The third-order valence-electron chi connectivity index (χ3n) is 6.58. The van der Waals surface area contributed by atoms with Crippen molar-refractivity contribution < 1.29 is 9.59 Å². The highest BCUT2D eigenvalue weighted by Crippen LogP contribution is 2.51. The number of carbonyl (C=O) groups excluding carboxylic acids is 2. The van der Waals surface area contributed by atoms with Gasteiger partial charge in [0.2, 0.25) is 11.8 Å². The molecule has 0 radical (unpaired) electrons. The highest BCUT2D eigenvalue weighted by molar-refractivity contribution is 6.02. The Labute approximate surface area is 192 Å². The van der Waals surface area contributed by atoms with Crippen molar-refractivity contribution in [3.63, 3.8) is 0 Å². The molecule has 1 N–H and O–H groups in total. The van der Waals surface area contributed by atoms with Gasteiger partial charge in [-0.2, -0.15) is 5.26 Å². The summed E-state index contributed by atoms with van der Waals surface area (Å²) in [6.45, 7) is 0.508. The summed E-state index contributed by atoms with van der Waals surface area (Å²) in [6.07, 6.45) is 4.24. The maximum absolute atomic E-state index is 13.0. The number of hydrogen-bond donors (Lipinski definition) is 1. The third kappa shape index (κ3) is 4.10. The topological polar surface area (TPSA) is 86.1 Å². The first-order valence-electron chi connectivity index (χ1n) is 11.2. The van der Waals surface area contributed by atoms with Crippen LogP contribution in [0.1, 0.15) is 24.8 Å². The summed E-state index contributed by atoms with van der Waals surface area (Å²) >= 11 is 0. The zero-order valence-electron chi connectivity index (χ0n) is 18.2. The Hall–Kier alpha value is -3.98. The van der Waals surface area contributed by atoms with Crippen molar-refractivity contribution in [3.05, 3.63) is 78.5 Å². The Kier molecular flexibility index (Phi) is 5.39. The van der Waals surface area contributed by atoms with Gasteiger partial charge < -0.3 is 10.2 Å². The van der Waals surface area contributed by atoms with Crippen LogP contribution in [-0.4, -0.2) is 23.3 Å². The van der Waals surface area contributed by atoms with Gasteiger partial charge in [-0.25, -0.2) is 4.98 Å². The molecule has 2 aliphatic rings. The summed E-state index contributed by atoms with van der Waals surface area (Å²) in [5.74, 6) is 0.264. The van der Waals surface area contributed by atoms with E-state index in [0.717, 1.165) is 29.5 Å². The molecule has 164 valence electrons. The van der Waals surface area contributed by atoms with Gasteiger partial charge in [-0.3, -0.25) is 9.59 Å². The molecule has 1 aliphatic heterocycles. The van der Waals surface area contributed by atoms with E-state index in [0.29, 0.717) is 24.5 Å². The number of hydrogen-bond acceptors (Lipinski definition) is 4. The molecule has 2 heterocycles. The van der Waals surface area contributed by atoms with E-state index < -0.39 is 5.41 Å². The van der Waals surface area contributed by atoms with E-state index in [1.807, 2.05) is 42.5 Å². The van der Waals surface area contributed by atoms with Gasteiger partial charge in [0.1, 0.15) is 11.2 Å². The van der Waals surface area contributed by atoms with Crippen LogP contribution in [0.5, 0.6) is 0 Å². The number of anilines is 2. The predicted molar refractivity (Wildman–Crippen MR) is 126 cm³/mol. The Balaban J connectivity index is 1.24. The minimum absolute atomic E-state index is 0.130. The van der Waals surface area contributed by atoms with Gasteiger partial charge in [-0.05, 0) is 47.9 Å². The number of nitrogens with one attached hydrogen (secondary N) is 1. The molecule has 0 bridgehead atoms. The molecule has 3 aromatic rings. The third-order valence-corrected chi connectivity index (χ3v) is 6.58. The van der Waals surface area contributed by atoms with Crippen LogP contribution in [0.15, 0.2) is 72.9 Å². The smallest absolute Gasteiger partial charge is 0.247 e. The lowest BCUT2D eigenvalue weighted by atomic mass is 9.83. The maximum Gasteiger partial charge on any atom is 0.247 e. The number of carbonyl (C=O) groups is 2. The second-order valence-corrected chi connectivity index (χ2v) is 8.75. The van der Waals surface area contributed by atoms with Gasteiger partial charge in [0.25, 0.3) is 0 Å². The van der Waals surface area contributed by atoms with Crippen molar-refractivity contribution in [2.75, 3.05) is 16.8 Å². The highest BCUT2D eigenvalue weighted by atomic mass is 16.2. The average Bonchev–Trinajstić information content (AvgIpc) is 3.64. The van der Waals surface area contributed by atoms with Crippen LogP contribution < -0.4 is 10.2 Å². The molecule has 6 nitrogen and oxygen atoms in total. The summed E-state index contributed by atoms with van der Waals surface area (Å²) in [5, 5.41) is 12.5. The monoisotopic (exact) mass is 436 g/mol. The van der Waals surface area contributed by atoms with Crippen LogP contribution in [0.4, 0.5) is 11.5 Å². The van der Waals surface area contributed by atoms with E-state index in [2.05, 4.69) is 28.5 Å². The lowest BCUT2D eigenvalue weighted by Crippen LogP contribution is -2.35. The largest absolute Gasteiger partial charge is 0.311 e. The first-order chi connectivity index (χ1) is 16.1. The second kappa shape index (κ2) is 8.51. The fourth-order valence-corrected chi connectivity index (χ4v) is 4.61. The Morgan fingerprint density at radius 2 is 1.82 bits per heavy atom. The summed E-state index contributed by atoms with van der Waals surface area (Å²) in [7, 11) is 0. The standard InChI is InChI=1S/C27H24N4O2/c28-18-27(22-10-11-22)13-15-31(26(27)33)23-12-14-29-24(17-23)30-25(32)16-19-6-8-21(9-7-19)20-4-2-1-3-5-20/h1-9,12,14,17,22H,10-11,13,15-16H2,(H,29,30,32)/t27-/m1/s1.